The van der Waals surface area contributed by atoms with Crippen LogP contribution in [0.25, 0.3) is 0 Å². The average Bonchev–Trinajstić information content (AvgIpc) is 2.15. The molecule has 0 atom stereocenters. The maximum Gasteiger partial charge on any atom is 0.337 e. The van der Waals surface area contributed by atoms with Crippen molar-refractivity contribution < 1.29 is 29.7 Å². The van der Waals surface area contributed by atoms with Gasteiger partial charge in [-0.25, -0.2) is 14.4 Å². The summed E-state index contributed by atoms with van der Waals surface area (Å²) < 4.78 is 0. The van der Waals surface area contributed by atoms with E-state index in [-0.39, 0.29) is 5.02 Å². The third-order valence-corrected chi connectivity index (χ3v) is 2.00. The van der Waals surface area contributed by atoms with Crippen LogP contribution in [0.5, 0.6) is 0 Å². The fraction of sp³-hybridized carbons (Fsp3) is 0. The van der Waals surface area contributed by atoms with Gasteiger partial charge in [0, 0.05) is 5.02 Å². The predicted octanol–water partition coefficient (Wildman–Crippen LogP) is 1.43. The Hall–Kier alpha value is -2.08. The number of hydrogen-bond donors (Lipinski definition) is 3. The van der Waals surface area contributed by atoms with E-state index in [4.69, 9.17) is 26.9 Å². The molecule has 0 radical (unpaired) electrons. The quantitative estimate of drug-likeness (QED) is 0.742. The van der Waals surface area contributed by atoms with Crippen LogP contribution in [0.2, 0.25) is 5.02 Å². The molecular formula is C9H5ClO6. The lowest BCUT2D eigenvalue weighted by molar-refractivity contribution is 0.0633. The van der Waals surface area contributed by atoms with Gasteiger partial charge in [-0.15, -0.1) is 0 Å². The molecule has 3 N–H and O–H groups in total. The van der Waals surface area contributed by atoms with Crippen LogP contribution in [0.3, 0.4) is 0 Å². The summed E-state index contributed by atoms with van der Waals surface area (Å²) in [5.41, 5.74) is -2.10. The molecular weight excluding hydrogens is 240 g/mol. The first kappa shape index (κ1) is 12.0. The summed E-state index contributed by atoms with van der Waals surface area (Å²) >= 11 is 5.50. The standard InChI is InChI=1S/C9H5ClO6/c10-3-1-4(7(11)12)6(9(15)16)5(2-3)8(13)14/h1-2H,(H,11,12)(H,13,14)(H,15,16). The van der Waals surface area contributed by atoms with Gasteiger partial charge < -0.3 is 15.3 Å². The van der Waals surface area contributed by atoms with Crippen molar-refractivity contribution in [2.45, 2.75) is 0 Å². The second-order valence-electron chi connectivity index (χ2n) is 2.79. The summed E-state index contributed by atoms with van der Waals surface area (Å²) in [5, 5.41) is 26.1. The number of rotatable bonds is 3. The lowest BCUT2D eigenvalue weighted by Gasteiger charge is -2.06. The van der Waals surface area contributed by atoms with Crippen molar-refractivity contribution in [2.24, 2.45) is 0 Å². The highest BCUT2D eigenvalue weighted by molar-refractivity contribution is 6.31. The summed E-state index contributed by atoms with van der Waals surface area (Å²) in [5.74, 6) is -4.74. The minimum atomic E-state index is -1.63. The SMILES string of the molecule is O=C(O)c1cc(Cl)cc(C(=O)O)c1C(=O)O. The topological polar surface area (TPSA) is 112 Å². The molecule has 0 aliphatic heterocycles. The monoisotopic (exact) mass is 244 g/mol. The van der Waals surface area contributed by atoms with E-state index < -0.39 is 34.6 Å². The van der Waals surface area contributed by atoms with Crippen LogP contribution >= 0.6 is 11.6 Å². The average molecular weight is 245 g/mol. The number of aromatic carboxylic acids is 3. The van der Waals surface area contributed by atoms with E-state index in [1.807, 2.05) is 0 Å². The number of carboxylic acids is 3. The molecule has 0 saturated heterocycles. The Balaban J connectivity index is 3.67. The van der Waals surface area contributed by atoms with Crippen molar-refractivity contribution in [3.63, 3.8) is 0 Å². The molecule has 0 bridgehead atoms. The highest BCUT2D eigenvalue weighted by Crippen LogP contribution is 2.21. The summed E-state index contributed by atoms with van der Waals surface area (Å²) in [6.07, 6.45) is 0. The van der Waals surface area contributed by atoms with Gasteiger partial charge in [0.2, 0.25) is 0 Å². The molecule has 0 fully saturated rings. The Kier molecular flexibility index (Phi) is 3.14. The van der Waals surface area contributed by atoms with E-state index in [1.165, 1.54) is 0 Å². The molecule has 1 aromatic rings. The van der Waals surface area contributed by atoms with Gasteiger partial charge in [0.25, 0.3) is 0 Å². The fourth-order valence-corrected chi connectivity index (χ4v) is 1.39. The molecule has 0 aromatic heterocycles. The van der Waals surface area contributed by atoms with Crippen molar-refractivity contribution >= 4 is 29.5 Å². The fourth-order valence-electron chi connectivity index (χ4n) is 1.17. The van der Waals surface area contributed by atoms with E-state index in [9.17, 15) is 14.4 Å². The van der Waals surface area contributed by atoms with Gasteiger partial charge in [-0.05, 0) is 12.1 Å². The van der Waals surface area contributed by atoms with Gasteiger partial charge in [0.05, 0.1) is 16.7 Å². The van der Waals surface area contributed by atoms with Crippen molar-refractivity contribution in [3.8, 4) is 0 Å². The number of benzene rings is 1. The first-order valence-corrected chi connectivity index (χ1v) is 4.25. The Morgan fingerprint density at radius 1 is 0.875 bits per heavy atom. The summed E-state index contributed by atoms with van der Waals surface area (Å²) in [4.78, 5) is 32.3. The molecule has 0 unspecified atom stereocenters. The van der Waals surface area contributed by atoms with Gasteiger partial charge in [0.1, 0.15) is 0 Å². The van der Waals surface area contributed by atoms with E-state index in [0.29, 0.717) is 0 Å². The van der Waals surface area contributed by atoms with Gasteiger partial charge in [-0.2, -0.15) is 0 Å². The zero-order valence-electron chi connectivity index (χ0n) is 7.60. The van der Waals surface area contributed by atoms with Crippen molar-refractivity contribution in [2.75, 3.05) is 0 Å². The lowest BCUT2D eigenvalue weighted by Crippen LogP contribution is -2.14. The highest BCUT2D eigenvalue weighted by atomic mass is 35.5. The zero-order valence-corrected chi connectivity index (χ0v) is 8.35. The molecule has 84 valence electrons. The van der Waals surface area contributed by atoms with Crippen LogP contribution in [-0.2, 0) is 0 Å². The van der Waals surface area contributed by atoms with Crippen LogP contribution in [0.15, 0.2) is 12.1 Å². The molecule has 0 spiro atoms. The zero-order chi connectivity index (χ0) is 12.5. The smallest absolute Gasteiger partial charge is 0.337 e. The largest absolute Gasteiger partial charge is 0.478 e. The van der Waals surface area contributed by atoms with Crippen LogP contribution in [0.1, 0.15) is 31.1 Å². The minimum Gasteiger partial charge on any atom is -0.478 e. The maximum absolute atomic E-state index is 10.8. The first-order valence-electron chi connectivity index (χ1n) is 3.88. The van der Waals surface area contributed by atoms with Crippen LogP contribution in [0, 0.1) is 0 Å². The molecule has 1 aromatic carbocycles. The molecule has 0 amide bonds. The number of carbonyl (C=O) groups is 3. The second kappa shape index (κ2) is 4.19. The first-order chi connectivity index (χ1) is 7.34. The number of carboxylic acid groups (broad SMARTS) is 3. The third kappa shape index (κ3) is 2.12. The molecule has 16 heavy (non-hydrogen) atoms. The van der Waals surface area contributed by atoms with Crippen molar-refractivity contribution in [3.05, 3.63) is 33.8 Å². The molecule has 1 rings (SSSR count). The van der Waals surface area contributed by atoms with Crippen LogP contribution < -0.4 is 0 Å². The predicted molar refractivity (Wildman–Crippen MR) is 52.3 cm³/mol. The number of halogens is 1. The molecule has 0 aliphatic rings. The lowest BCUT2D eigenvalue weighted by atomic mass is 10.0. The molecule has 6 nitrogen and oxygen atoms in total. The van der Waals surface area contributed by atoms with Gasteiger partial charge >= 0.3 is 17.9 Å². The number of hydrogen-bond acceptors (Lipinski definition) is 3. The molecule has 0 saturated carbocycles. The minimum absolute atomic E-state index is 0.153. The van der Waals surface area contributed by atoms with E-state index in [1.54, 1.807) is 0 Å². The van der Waals surface area contributed by atoms with Gasteiger partial charge in [-0.1, -0.05) is 11.6 Å². The Morgan fingerprint density at radius 3 is 1.50 bits per heavy atom. The van der Waals surface area contributed by atoms with E-state index >= 15 is 0 Å². The Labute approximate surface area is 93.7 Å². The normalized spacial score (nSPS) is 9.81. The van der Waals surface area contributed by atoms with Gasteiger partial charge in [-0.3, -0.25) is 0 Å². The van der Waals surface area contributed by atoms with Crippen LogP contribution in [-0.4, -0.2) is 33.2 Å². The summed E-state index contributed by atoms with van der Waals surface area (Å²) in [7, 11) is 0. The third-order valence-electron chi connectivity index (χ3n) is 1.78. The Morgan fingerprint density at radius 2 is 1.25 bits per heavy atom. The highest BCUT2D eigenvalue weighted by Gasteiger charge is 2.24. The molecule has 7 heteroatoms. The van der Waals surface area contributed by atoms with Crippen molar-refractivity contribution in [1.29, 1.82) is 0 Å². The second-order valence-corrected chi connectivity index (χ2v) is 3.23. The van der Waals surface area contributed by atoms with Gasteiger partial charge in [0.15, 0.2) is 0 Å². The van der Waals surface area contributed by atoms with Crippen molar-refractivity contribution in [1.82, 2.24) is 0 Å². The van der Waals surface area contributed by atoms with E-state index in [0.717, 1.165) is 12.1 Å². The Bertz CT molecular complexity index is 458. The molecule has 0 aliphatic carbocycles. The van der Waals surface area contributed by atoms with E-state index in [2.05, 4.69) is 0 Å². The maximum atomic E-state index is 10.8. The molecule has 0 heterocycles. The summed E-state index contributed by atoms with van der Waals surface area (Å²) in [6, 6.07) is 1.78. The van der Waals surface area contributed by atoms with Crippen LogP contribution in [0.4, 0.5) is 0 Å². The summed E-state index contributed by atoms with van der Waals surface area (Å²) in [6.45, 7) is 0.